The van der Waals surface area contributed by atoms with Crippen molar-refractivity contribution in [3.05, 3.63) is 47.0 Å². The van der Waals surface area contributed by atoms with Crippen molar-refractivity contribution in [2.45, 2.75) is 51.6 Å². The van der Waals surface area contributed by atoms with Gasteiger partial charge in [0.2, 0.25) is 0 Å². The molecule has 5 heteroatoms. The summed E-state index contributed by atoms with van der Waals surface area (Å²) in [6.45, 7) is 8.17. The molecule has 5 nitrogen and oxygen atoms in total. The van der Waals surface area contributed by atoms with E-state index in [1.165, 1.54) is 7.11 Å². The third kappa shape index (κ3) is 2.61. The molecule has 0 unspecified atom stereocenters. The number of ether oxygens (including phenoxy) is 2. The molecule has 1 fully saturated rings. The predicted octanol–water partition coefficient (Wildman–Crippen LogP) is 3.94. The smallest absolute Gasteiger partial charge is 0.341 e. The second kappa shape index (κ2) is 5.86. The summed E-state index contributed by atoms with van der Waals surface area (Å²) in [5.41, 5.74) is 2.10. The zero-order valence-electron chi connectivity index (χ0n) is 15.5. The standard InChI is InChI=1S/C21H24O5/c1-11(2)12-5-6-13-8-18(26-19(13)22)21(3)10-15(21)17-9-14(20(23)24-4)16(7-12)25-17/h8-9,12,15,18H,1,5-7,10H2,2-4H3/t12-,15+,18-,21-/m1/s1. The van der Waals surface area contributed by atoms with Gasteiger partial charge in [0.15, 0.2) is 0 Å². The number of fused-ring (bicyclic) bond motifs is 6. The van der Waals surface area contributed by atoms with Crippen molar-refractivity contribution in [1.82, 2.24) is 0 Å². The van der Waals surface area contributed by atoms with Crippen LogP contribution in [0.3, 0.4) is 0 Å². The molecule has 2 aliphatic heterocycles. The van der Waals surface area contributed by atoms with E-state index >= 15 is 0 Å². The van der Waals surface area contributed by atoms with E-state index in [2.05, 4.69) is 13.5 Å². The van der Waals surface area contributed by atoms with Crippen LogP contribution in [0.2, 0.25) is 0 Å². The van der Waals surface area contributed by atoms with Gasteiger partial charge in [-0.1, -0.05) is 19.1 Å². The molecule has 4 rings (SSSR count). The van der Waals surface area contributed by atoms with E-state index in [-0.39, 0.29) is 35.3 Å². The van der Waals surface area contributed by atoms with Crippen molar-refractivity contribution in [1.29, 1.82) is 0 Å². The highest BCUT2D eigenvalue weighted by atomic mass is 16.5. The highest BCUT2D eigenvalue weighted by Crippen LogP contribution is 2.63. The number of hydrogen-bond acceptors (Lipinski definition) is 5. The van der Waals surface area contributed by atoms with Gasteiger partial charge in [-0.25, -0.2) is 9.59 Å². The van der Waals surface area contributed by atoms with E-state index in [1.807, 2.05) is 19.1 Å². The SMILES string of the molecule is C=C(C)[C@@H]1CCC2=C[C@@H](OC2=O)[C@]2(C)C[C@H]2c2cc(C(=O)OC)c(o2)C1. The van der Waals surface area contributed by atoms with Gasteiger partial charge in [-0.3, -0.25) is 0 Å². The Kier molecular flexibility index (Phi) is 3.86. The number of methoxy groups -OCH3 is 1. The van der Waals surface area contributed by atoms with Crippen molar-refractivity contribution in [2.24, 2.45) is 11.3 Å². The Morgan fingerprint density at radius 1 is 1.42 bits per heavy atom. The average Bonchev–Trinajstić information content (AvgIpc) is 2.94. The van der Waals surface area contributed by atoms with Crippen LogP contribution in [0.1, 0.15) is 60.9 Å². The highest BCUT2D eigenvalue weighted by molar-refractivity contribution is 5.91. The molecule has 0 aromatic carbocycles. The Bertz CT molecular complexity index is 829. The molecule has 4 bridgehead atoms. The minimum atomic E-state index is -0.374. The summed E-state index contributed by atoms with van der Waals surface area (Å²) in [6.07, 6.45) is 4.62. The summed E-state index contributed by atoms with van der Waals surface area (Å²) in [4.78, 5) is 24.5. The fourth-order valence-corrected chi connectivity index (χ4v) is 4.24. The Balaban J connectivity index is 1.76. The van der Waals surface area contributed by atoms with Crippen LogP contribution in [0, 0.1) is 11.3 Å². The van der Waals surface area contributed by atoms with E-state index in [9.17, 15) is 9.59 Å². The van der Waals surface area contributed by atoms with Crippen LogP contribution in [0.4, 0.5) is 0 Å². The van der Waals surface area contributed by atoms with Gasteiger partial charge in [0.05, 0.1) is 7.11 Å². The Hall–Kier alpha value is -2.30. The van der Waals surface area contributed by atoms with E-state index in [4.69, 9.17) is 13.9 Å². The lowest BCUT2D eigenvalue weighted by Crippen LogP contribution is -2.20. The third-order valence-corrected chi connectivity index (χ3v) is 6.25. The Morgan fingerprint density at radius 2 is 2.19 bits per heavy atom. The van der Waals surface area contributed by atoms with Crippen molar-refractivity contribution in [2.75, 3.05) is 7.11 Å². The normalized spacial score (nSPS) is 32.5. The molecule has 0 N–H and O–H groups in total. The first-order valence-corrected chi connectivity index (χ1v) is 9.11. The quantitative estimate of drug-likeness (QED) is 0.593. The zero-order chi connectivity index (χ0) is 18.6. The van der Waals surface area contributed by atoms with Gasteiger partial charge < -0.3 is 13.9 Å². The largest absolute Gasteiger partial charge is 0.465 e. The summed E-state index contributed by atoms with van der Waals surface area (Å²) >= 11 is 0. The van der Waals surface area contributed by atoms with Crippen LogP contribution < -0.4 is 0 Å². The lowest BCUT2D eigenvalue weighted by molar-refractivity contribution is -0.142. The minimum absolute atomic E-state index is 0.121. The zero-order valence-corrected chi connectivity index (χ0v) is 15.5. The number of carbonyl (C=O) groups is 2. The van der Waals surface area contributed by atoms with E-state index in [0.29, 0.717) is 24.2 Å². The third-order valence-electron chi connectivity index (χ3n) is 6.25. The molecule has 0 radical (unpaired) electrons. The van der Waals surface area contributed by atoms with Gasteiger partial charge in [-0.2, -0.15) is 0 Å². The first-order chi connectivity index (χ1) is 12.3. The number of rotatable bonds is 2. The maximum Gasteiger partial charge on any atom is 0.341 e. The van der Waals surface area contributed by atoms with Crippen LogP contribution >= 0.6 is 0 Å². The molecule has 3 heterocycles. The van der Waals surface area contributed by atoms with Crippen molar-refractivity contribution in [3.8, 4) is 0 Å². The first kappa shape index (κ1) is 17.1. The maximum atomic E-state index is 12.3. The fourth-order valence-electron chi connectivity index (χ4n) is 4.24. The van der Waals surface area contributed by atoms with Crippen molar-refractivity contribution >= 4 is 11.9 Å². The number of esters is 2. The van der Waals surface area contributed by atoms with Gasteiger partial charge in [-0.05, 0) is 44.2 Å². The van der Waals surface area contributed by atoms with Crippen LogP contribution in [0.15, 0.2) is 34.3 Å². The number of furan rings is 1. The second-order valence-corrected chi connectivity index (χ2v) is 8.04. The fraction of sp³-hybridized carbons (Fsp3) is 0.524. The van der Waals surface area contributed by atoms with Gasteiger partial charge in [0.25, 0.3) is 0 Å². The molecule has 0 saturated heterocycles. The summed E-state index contributed by atoms with van der Waals surface area (Å²) in [7, 11) is 1.38. The summed E-state index contributed by atoms with van der Waals surface area (Å²) in [5.74, 6) is 1.12. The average molecular weight is 356 g/mol. The molecule has 1 aromatic heterocycles. The Labute approximate surface area is 153 Å². The first-order valence-electron chi connectivity index (χ1n) is 9.11. The maximum absolute atomic E-state index is 12.3. The Morgan fingerprint density at radius 3 is 2.88 bits per heavy atom. The predicted molar refractivity (Wildman–Crippen MR) is 94.7 cm³/mol. The molecule has 4 atom stereocenters. The van der Waals surface area contributed by atoms with Gasteiger partial charge in [-0.15, -0.1) is 0 Å². The van der Waals surface area contributed by atoms with Crippen LogP contribution in [-0.4, -0.2) is 25.2 Å². The molecule has 138 valence electrons. The molecule has 0 spiro atoms. The second-order valence-electron chi connectivity index (χ2n) is 8.04. The summed E-state index contributed by atoms with van der Waals surface area (Å²) < 4.78 is 16.7. The van der Waals surface area contributed by atoms with Crippen molar-refractivity contribution in [3.63, 3.8) is 0 Å². The molecule has 3 aliphatic rings. The van der Waals surface area contributed by atoms with Crippen LogP contribution in [-0.2, 0) is 20.7 Å². The van der Waals surface area contributed by atoms with Crippen LogP contribution in [0.25, 0.3) is 0 Å². The van der Waals surface area contributed by atoms with Gasteiger partial charge in [0, 0.05) is 23.3 Å². The molecule has 1 aliphatic carbocycles. The lowest BCUT2D eigenvalue weighted by atomic mass is 9.89. The molecule has 0 amide bonds. The number of carbonyl (C=O) groups excluding carboxylic acids is 2. The molecular formula is C21H24O5. The van der Waals surface area contributed by atoms with Gasteiger partial charge >= 0.3 is 11.9 Å². The number of allylic oxidation sites excluding steroid dienone is 1. The minimum Gasteiger partial charge on any atom is -0.465 e. The van der Waals surface area contributed by atoms with Crippen LogP contribution in [0.5, 0.6) is 0 Å². The van der Waals surface area contributed by atoms with E-state index in [0.717, 1.165) is 29.7 Å². The number of hydrogen-bond donors (Lipinski definition) is 0. The molecule has 26 heavy (non-hydrogen) atoms. The molecule has 1 aromatic rings. The molecular weight excluding hydrogens is 332 g/mol. The van der Waals surface area contributed by atoms with E-state index < -0.39 is 0 Å². The molecule has 1 saturated carbocycles. The summed E-state index contributed by atoms with van der Waals surface area (Å²) in [5, 5.41) is 0. The van der Waals surface area contributed by atoms with Crippen molar-refractivity contribution < 1.29 is 23.5 Å². The topological polar surface area (TPSA) is 65.7 Å². The lowest BCUT2D eigenvalue weighted by Gasteiger charge is -2.17. The van der Waals surface area contributed by atoms with E-state index in [1.54, 1.807) is 0 Å². The monoisotopic (exact) mass is 356 g/mol. The highest BCUT2D eigenvalue weighted by Gasteiger charge is 2.60. The summed E-state index contributed by atoms with van der Waals surface area (Å²) in [6, 6.07) is 1.81. The van der Waals surface area contributed by atoms with Gasteiger partial charge in [0.1, 0.15) is 23.2 Å².